The summed E-state index contributed by atoms with van der Waals surface area (Å²) in [5, 5.41) is 19.0. The van der Waals surface area contributed by atoms with E-state index in [0.29, 0.717) is 28.5 Å². The molecule has 2 aromatic rings. The molecule has 0 saturated carbocycles. The molecule has 0 bridgehead atoms. The highest BCUT2D eigenvalue weighted by atomic mass is 35.5. The van der Waals surface area contributed by atoms with Crippen LogP contribution < -0.4 is 0 Å². The summed E-state index contributed by atoms with van der Waals surface area (Å²) in [6, 6.07) is 7.24. The standard InChI is InChI=1S/C14H20ClNO2.C14H18ClNO2/c2*1-10(13(17)18)5-4-7-14(2,3)12-9-11(15)6-8-16-12/h6,8-10H,4-5,7H2,1-3H3,(H,17,18);5-6,8-9H,4,7H2,1-3H3,(H,17,18)/b;10-5+/t10-;/m1./s1. The van der Waals surface area contributed by atoms with Gasteiger partial charge in [-0.3, -0.25) is 14.8 Å². The lowest BCUT2D eigenvalue weighted by molar-refractivity contribution is -0.141. The number of pyridine rings is 2. The Morgan fingerprint density at radius 1 is 0.944 bits per heavy atom. The van der Waals surface area contributed by atoms with E-state index in [1.165, 1.54) is 0 Å². The highest BCUT2D eigenvalue weighted by Gasteiger charge is 2.23. The van der Waals surface area contributed by atoms with Crippen LogP contribution in [0, 0.1) is 5.92 Å². The van der Waals surface area contributed by atoms with Crippen molar-refractivity contribution in [3.63, 3.8) is 0 Å². The number of hydrogen-bond donors (Lipinski definition) is 2. The molecule has 2 heterocycles. The van der Waals surface area contributed by atoms with Crippen molar-refractivity contribution in [1.82, 2.24) is 9.97 Å². The predicted molar refractivity (Wildman–Crippen MR) is 146 cm³/mol. The summed E-state index contributed by atoms with van der Waals surface area (Å²) in [7, 11) is 0. The topological polar surface area (TPSA) is 100 Å². The molecular formula is C28H38Cl2N2O4. The van der Waals surface area contributed by atoms with Crippen molar-refractivity contribution in [1.29, 1.82) is 0 Å². The first-order valence-corrected chi connectivity index (χ1v) is 12.8. The van der Waals surface area contributed by atoms with Crippen LogP contribution in [0.25, 0.3) is 0 Å². The Labute approximate surface area is 224 Å². The van der Waals surface area contributed by atoms with Gasteiger partial charge < -0.3 is 10.2 Å². The molecular weight excluding hydrogens is 499 g/mol. The Morgan fingerprint density at radius 2 is 1.42 bits per heavy atom. The molecule has 2 N–H and O–H groups in total. The zero-order chi connectivity index (χ0) is 27.5. The number of carboxylic acid groups (broad SMARTS) is 2. The molecule has 2 aromatic heterocycles. The van der Waals surface area contributed by atoms with Gasteiger partial charge in [0.2, 0.25) is 0 Å². The molecule has 8 heteroatoms. The van der Waals surface area contributed by atoms with E-state index in [2.05, 4.69) is 37.7 Å². The fourth-order valence-corrected chi connectivity index (χ4v) is 3.84. The highest BCUT2D eigenvalue weighted by Crippen LogP contribution is 2.30. The van der Waals surface area contributed by atoms with E-state index >= 15 is 0 Å². The van der Waals surface area contributed by atoms with Gasteiger partial charge in [0, 0.05) is 50.2 Å². The maximum atomic E-state index is 10.7. The minimum Gasteiger partial charge on any atom is -0.481 e. The summed E-state index contributed by atoms with van der Waals surface area (Å²) < 4.78 is 0. The van der Waals surface area contributed by atoms with Crippen molar-refractivity contribution in [2.75, 3.05) is 0 Å². The van der Waals surface area contributed by atoms with E-state index < -0.39 is 11.9 Å². The van der Waals surface area contributed by atoms with Gasteiger partial charge in [-0.05, 0) is 56.9 Å². The number of aliphatic carboxylic acids is 2. The molecule has 198 valence electrons. The summed E-state index contributed by atoms with van der Waals surface area (Å²) in [5.41, 5.74) is 2.06. The Kier molecular flexibility index (Phi) is 12.6. The summed E-state index contributed by atoms with van der Waals surface area (Å²) in [5.74, 6) is -1.88. The van der Waals surface area contributed by atoms with E-state index in [4.69, 9.17) is 33.4 Å². The number of hydrogen-bond acceptors (Lipinski definition) is 4. The monoisotopic (exact) mass is 536 g/mol. The number of halogens is 2. The van der Waals surface area contributed by atoms with Crippen molar-refractivity contribution in [3.05, 3.63) is 69.7 Å². The van der Waals surface area contributed by atoms with Gasteiger partial charge in [0.05, 0.1) is 5.92 Å². The lowest BCUT2D eigenvalue weighted by Crippen LogP contribution is -2.19. The molecule has 0 aromatic carbocycles. The van der Waals surface area contributed by atoms with Crippen LogP contribution in [-0.2, 0) is 20.4 Å². The van der Waals surface area contributed by atoms with E-state index in [0.717, 1.165) is 30.7 Å². The third-order valence-corrected chi connectivity index (χ3v) is 6.72. The number of carboxylic acids is 2. The van der Waals surface area contributed by atoms with Gasteiger partial charge in [-0.25, -0.2) is 4.79 Å². The van der Waals surface area contributed by atoms with Crippen molar-refractivity contribution < 1.29 is 19.8 Å². The second kappa shape index (κ2) is 14.3. The van der Waals surface area contributed by atoms with Crippen LogP contribution in [0.5, 0.6) is 0 Å². The van der Waals surface area contributed by atoms with Crippen molar-refractivity contribution in [2.24, 2.45) is 5.92 Å². The molecule has 0 amide bonds. The summed E-state index contributed by atoms with van der Waals surface area (Å²) in [6.07, 6.45) is 9.14. The minimum absolute atomic E-state index is 0.0802. The maximum Gasteiger partial charge on any atom is 0.330 e. The van der Waals surface area contributed by atoms with E-state index in [9.17, 15) is 9.59 Å². The molecule has 0 saturated heterocycles. The SMILES string of the molecule is C/C(=C\CCC(C)(C)c1cc(Cl)ccn1)C(=O)O.C[C@H](CCCC(C)(C)c1cc(Cl)ccn1)C(=O)O. The van der Waals surface area contributed by atoms with Crippen LogP contribution in [0.2, 0.25) is 10.0 Å². The molecule has 0 aliphatic carbocycles. The third kappa shape index (κ3) is 11.1. The fourth-order valence-electron chi connectivity index (χ4n) is 3.52. The minimum atomic E-state index is -0.867. The number of nitrogens with zero attached hydrogens (tertiary/aromatic N) is 2. The Hall–Kier alpha value is -2.44. The molecule has 1 atom stereocenters. The van der Waals surface area contributed by atoms with E-state index in [1.54, 1.807) is 44.4 Å². The molecule has 36 heavy (non-hydrogen) atoms. The third-order valence-electron chi connectivity index (χ3n) is 6.25. The number of aromatic nitrogens is 2. The summed E-state index contributed by atoms with van der Waals surface area (Å²) in [6.45, 7) is 11.7. The smallest absolute Gasteiger partial charge is 0.330 e. The second-order valence-corrected chi connectivity index (χ2v) is 11.2. The number of allylic oxidation sites excluding steroid dienone is 1. The number of rotatable bonds is 11. The van der Waals surface area contributed by atoms with Crippen LogP contribution in [-0.4, -0.2) is 32.1 Å². The Balaban J connectivity index is 0.000000360. The van der Waals surface area contributed by atoms with Gasteiger partial charge in [0.1, 0.15) is 0 Å². The average molecular weight is 538 g/mol. The average Bonchev–Trinajstić information content (AvgIpc) is 2.79. The zero-order valence-corrected chi connectivity index (χ0v) is 23.5. The Morgan fingerprint density at radius 3 is 1.83 bits per heavy atom. The lowest BCUT2D eigenvalue weighted by Gasteiger charge is -2.24. The number of carbonyl (C=O) groups is 2. The van der Waals surface area contributed by atoms with Gasteiger partial charge in [0.15, 0.2) is 0 Å². The lowest BCUT2D eigenvalue weighted by atomic mass is 9.82. The van der Waals surface area contributed by atoms with E-state index in [-0.39, 0.29) is 16.7 Å². The van der Waals surface area contributed by atoms with Crippen LogP contribution >= 0.6 is 23.2 Å². The highest BCUT2D eigenvalue weighted by molar-refractivity contribution is 6.30. The van der Waals surface area contributed by atoms with Gasteiger partial charge in [-0.2, -0.15) is 0 Å². The zero-order valence-electron chi connectivity index (χ0n) is 22.0. The molecule has 6 nitrogen and oxygen atoms in total. The largest absolute Gasteiger partial charge is 0.481 e. The van der Waals surface area contributed by atoms with Crippen molar-refractivity contribution in [2.45, 2.75) is 84.5 Å². The van der Waals surface area contributed by atoms with Crippen LogP contribution in [0.1, 0.15) is 85.0 Å². The fraction of sp³-hybridized carbons (Fsp3) is 0.500. The summed E-state index contributed by atoms with van der Waals surface area (Å²) >= 11 is 11.9. The second-order valence-electron chi connectivity index (χ2n) is 10.3. The summed E-state index contributed by atoms with van der Waals surface area (Å²) in [4.78, 5) is 30.1. The molecule has 0 aliphatic heterocycles. The van der Waals surface area contributed by atoms with Gasteiger partial charge >= 0.3 is 11.9 Å². The molecule has 0 spiro atoms. The van der Waals surface area contributed by atoms with Gasteiger partial charge in [0.25, 0.3) is 0 Å². The predicted octanol–water partition coefficient (Wildman–Crippen LogP) is 7.73. The molecule has 0 aliphatic rings. The normalized spacial score (nSPS) is 12.9. The van der Waals surface area contributed by atoms with Crippen LogP contribution in [0.4, 0.5) is 0 Å². The quantitative estimate of drug-likeness (QED) is 0.285. The van der Waals surface area contributed by atoms with E-state index in [1.807, 2.05) is 12.1 Å². The molecule has 0 unspecified atom stereocenters. The first-order chi connectivity index (χ1) is 16.7. The van der Waals surface area contributed by atoms with Crippen LogP contribution in [0.3, 0.4) is 0 Å². The Bertz CT molecular complexity index is 1050. The van der Waals surface area contributed by atoms with Crippen LogP contribution in [0.15, 0.2) is 48.3 Å². The molecule has 0 fully saturated rings. The van der Waals surface area contributed by atoms with Gasteiger partial charge in [-0.1, -0.05) is 70.3 Å². The van der Waals surface area contributed by atoms with Gasteiger partial charge in [-0.15, -0.1) is 0 Å². The van der Waals surface area contributed by atoms with Crippen molar-refractivity contribution in [3.8, 4) is 0 Å². The molecule has 2 rings (SSSR count). The first-order valence-electron chi connectivity index (χ1n) is 12.0. The first kappa shape index (κ1) is 31.6. The maximum absolute atomic E-state index is 10.7. The van der Waals surface area contributed by atoms with Crippen molar-refractivity contribution >= 4 is 35.1 Å². The molecule has 0 radical (unpaired) electrons.